The SMILES string of the molecule is CCCCOCC(O)CNCC1(CO)CCCCC1. The molecule has 0 aromatic carbocycles. The average molecular weight is 273 g/mol. The smallest absolute Gasteiger partial charge is 0.0897 e. The minimum Gasteiger partial charge on any atom is -0.396 e. The van der Waals surface area contributed by atoms with Gasteiger partial charge >= 0.3 is 0 Å². The van der Waals surface area contributed by atoms with E-state index >= 15 is 0 Å². The van der Waals surface area contributed by atoms with Gasteiger partial charge < -0.3 is 20.3 Å². The van der Waals surface area contributed by atoms with Crippen molar-refractivity contribution in [2.75, 3.05) is 32.9 Å². The second-order valence-electron chi connectivity index (χ2n) is 5.93. The molecule has 1 aliphatic carbocycles. The maximum Gasteiger partial charge on any atom is 0.0897 e. The van der Waals surface area contributed by atoms with Crippen LogP contribution in [0.2, 0.25) is 0 Å². The number of hydrogen-bond donors (Lipinski definition) is 3. The van der Waals surface area contributed by atoms with Gasteiger partial charge in [0.25, 0.3) is 0 Å². The predicted octanol–water partition coefficient (Wildman–Crippen LogP) is 1.70. The second kappa shape index (κ2) is 9.70. The number of hydrogen-bond acceptors (Lipinski definition) is 4. The molecule has 1 aliphatic rings. The van der Waals surface area contributed by atoms with Crippen LogP contribution >= 0.6 is 0 Å². The molecule has 0 bridgehead atoms. The summed E-state index contributed by atoms with van der Waals surface area (Å²) in [5, 5.41) is 22.7. The molecule has 0 amide bonds. The zero-order valence-corrected chi connectivity index (χ0v) is 12.4. The van der Waals surface area contributed by atoms with Gasteiger partial charge in [0.1, 0.15) is 0 Å². The van der Waals surface area contributed by atoms with E-state index in [1.165, 1.54) is 19.3 Å². The van der Waals surface area contributed by atoms with Crippen molar-refractivity contribution < 1.29 is 14.9 Å². The topological polar surface area (TPSA) is 61.7 Å². The van der Waals surface area contributed by atoms with Gasteiger partial charge in [-0.2, -0.15) is 0 Å². The van der Waals surface area contributed by atoms with E-state index in [1.807, 2.05) is 0 Å². The van der Waals surface area contributed by atoms with Crippen LogP contribution in [0.5, 0.6) is 0 Å². The summed E-state index contributed by atoms with van der Waals surface area (Å²) in [6.45, 7) is 4.86. The van der Waals surface area contributed by atoms with E-state index in [0.717, 1.165) is 38.8 Å². The maximum atomic E-state index is 9.78. The van der Waals surface area contributed by atoms with E-state index in [4.69, 9.17) is 4.74 Å². The van der Waals surface area contributed by atoms with Crippen molar-refractivity contribution in [3.63, 3.8) is 0 Å². The Kier molecular flexibility index (Phi) is 8.62. The minimum atomic E-state index is -0.448. The van der Waals surface area contributed by atoms with Crippen molar-refractivity contribution in [2.45, 2.75) is 58.0 Å². The third-order valence-corrected chi connectivity index (χ3v) is 4.08. The lowest BCUT2D eigenvalue weighted by Crippen LogP contribution is -2.42. The molecule has 1 saturated carbocycles. The largest absolute Gasteiger partial charge is 0.396 e. The molecule has 4 nitrogen and oxygen atoms in total. The second-order valence-corrected chi connectivity index (χ2v) is 5.93. The van der Waals surface area contributed by atoms with Gasteiger partial charge in [0.15, 0.2) is 0 Å². The summed E-state index contributed by atoms with van der Waals surface area (Å²) >= 11 is 0. The fourth-order valence-electron chi connectivity index (χ4n) is 2.72. The molecule has 0 aromatic heterocycles. The van der Waals surface area contributed by atoms with Gasteiger partial charge in [0, 0.05) is 31.7 Å². The monoisotopic (exact) mass is 273 g/mol. The van der Waals surface area contributed by atoms with Gasteiger partial charge in [0.2, 0.25) is 0 Å². The summed E-state index contributed by atoms with van der Waals surface area (Å²) in [5.41, 5.74) is 0.0427. The summed E-state index contributed by atoms with van der Waals surface area (Å²) < 4.78 is 5.39. The number of aliphatic hydroxyl groups excluding tert-OH is 2. The van der Waals surface area contributed by atoms with Gasteiger partial charge in [-0.25, -0.2) is 0 Å². The number of unbranched alkanes of at least 4 members (excludes halogenated alkanes) is 1. The third-order valence-electron chi connectivity index (χ3n) is 4.08. The van der Waals surface area contributed by atoms with E-state index in [-0.39, 0.29) is 12.0 Å². The lowest BCUT2D eigenvalue weighted by atomic mass is 9.74. The Morgan fingerprint density at radius 1 is 1.26 bits per heavy atom. The van der Waals surface area contributed by atoms with Crippen molar-refractivity contribution in [1.29, 1.82) is 0 Å². The van der Waals surface area contributed by atoms with Crippen LogP contribution in [0.15, 0.2) is 0 Å². The molecule has 0 spiro atoms. The van der Waals surface area contributed by atoms with Crippen LogP contribution in [-0.2, 0) is 4.74 Å². The Hall–Kier alpha value is -0.160. The number of ether oxygens (including phenoxy) is 1. The number of rotatable bonds is 10. The average Bonchev–Trinajstić information content (AvgIpc) is 2.45. The lowest BCUT2D eigenvalue weighted by Gasteiger charge is -2.36. The zero-order valence-electron chi connectivity index (χ0n) is 12.4. The Morgan fingerprint density at radius 3 is 2.63 bits per heavy atom. The van der Waals surface area contributed by atoms with E-state index in [9.17, 15) is 10.2 Å². The fraction of sp³-hybridized carbons (Fsp3) is 1.00. The van der Waals surface area contributed by atoms with Crippen LogP contribution in [0.4, 0.5) is 0 Å². The van der Waals surface area contributed by atoms with Gasteiger partial charge in [-0.3, -0.25) is 0 Å². The van der Waals surface area contributed by atoms with Crippen molar-refractivity contribution >= 4 is 0 Å². The van der Waals surface area contributed by atoms with Gasteiger partial charge in [-0.05, 0) is 19.3 Å². The van der Waals surface area contributed by atoms with E-state index in [1.54, 1.807) is 0 Å². The molecular weight excluding hydrogens is 242 g/mol. The molecule has 1 atom stereocenters. The van der Waals surface area contributed by atoms with Crippen LogP contribution in [-0.4, -0.2) is 49.2 Å². The number of nitrogens with one attached hydrogen (secondary N) is 1. The van der Waals surface area contributed by atoms with Crippen LogP contribution in [0.25, 0.3) is 0 Å². The van der Waals surface area contributed by atoms with Gasteiger partial charge in [-0.15, -0.1) is 0 Å². The van der Waals surface area contributed by atoms with Crippen molar-refractivity contribution in [3.8, 4) is 0 Å². The molecule has 1 rings (SSSR count). The molecule has 0 heterocycles. The minimum absolute atomic E-state index is 0.0427. The van der Waals surface area contributed by atoms with Crippen molar-refractivity contribution in [3.05, 3.63) is 0 Å². The molecule has 19 heavy (non-hydrogen) atoms. The third kappa shape index (κ3) is 6.70. The summed E-state index contributed by atoms with van der Waals surface area (Å²) in [4.78, 5) is 0. The summed E-state index contributed by atoms with van der Waals surface area (Å²) in [7, 11) is 0. The van der Waals surface area contributed by atoms with E-state index in [0.29, 0.717) is 13.2 Å². The van der Waals surface area contributed by atoms with Crippen LogP contribution in [0.3, 0.4) is 0 Å². The highest BCUT2D eigenvalue weighted by Crippen LogP contribution is 2.35. The molecule has 3 N–H and O–H groups in total. The molecule has 0 aromatic rings. The molecule has 114 valence electrons. The van der Waals surface area contributed by atoms with Crippen LogP contribution < -0.4 is 5.32 Å². The van der Waals surface area contributed by atoms with Gasteiger partial charge in [-0.1, -0.05) is 32.6 Å². The van der Waals surface area contributed by atoms with E-state index in [2.05, 4.69) is 12.2 Å². The summed E-state index contributed by atoms with van der Waals surface area (Å²) in [6.07, 6.45) is 7.63. The number of aliphatic hydroxyl groups is 2. The Morgan fingerprint density at radius 2 is 2.00 bits per heavy atom. The standard InChI is InChI=1S/C15H31NO3/c1-2-3-9-19-11-14(18)10-16-12-15(13-17)7-5-4-6-8-15/h14,16-18H,2-13H2,1H3. The summed E-state index contributed by atoms with van der Waals surface area (Å²) in [5.74, 6) is 0. The molecular formula is C15H31NO3. The fourth-order valence-corrected chi connectivity index (χ4v) is 2.72. The van der Waals surface area contributed by atoms with Gasteiger partial charge in [0.05, 0.1) is 12.7 Å². The highest BCUT2D eigenvalue weighted by atomic mass is 16.5. The van der Waals surface area contributed by atoms with Crippen LogP contribution in [0.1, 0.15) is 51.9 Å². The molecule has 1 fully saturated rings. The molecule has 0 saturated heterocycles. The Balaban J connectivity index is 2.10. The Bertz CT molecular complexity index is 217. The quantitative estimate of drug-likeness (QED) is 0.530. The molecule has 0 radical (unpaired) electrons. The summed E-state index contributed by atoms with van der Waals surface area (Å²) in [6, 6.07) is 0. The molecule has 4 heteroatoms. The maximum absolute atomic E-state index is 9.78. The van der Waals surface area contributed by atoms with Crippen molar-refractivity contribution in [2.24, 2.45) is 5.41 Å². The first-order valence-corrected chi connectivity index (χ1v) is 7.80. The first-order chi connectivity index (χ1) is 9.22. The highest BCUT2D eigenvalue weighted by Gasteiger charge is 2.30. The molecule has 1 unspecified atom stereocenters. The van der Waals surface area contributed by atoms with Crippen molar-refractivity contribution in [1.82, 2.24) is 5.32 Å². The lowest BCUT2D eigenvalue weighted by molar-refractivity contribution is 0.0300. The molecule has 0 aliphatic heterocycles. The first-order valence-electron chi connectivity index (χ1n) is 7.80. The predicted molar refractivity (Wildman–Crippen MR) is 77.2 cm³/mol. The van der Waals surface area contributed by atoms with Crippen LogP contribution in [0, 0.1) is 5.41 Å². The zero-order chi connectivity index (χ0) is 14.0. The Labute approximate surface area is 117 Å². The first kappa shape index (κ1) is 16.9. The highest BCUT2D eigenvalue weighted by molar-refractivity contribution is 4.84. The van der Waals surface area contributed by atoms with E-state index < -0.39 is 6.10 Å². The normalized spacial score (nSPS) is 20.4.